The van der Waals surface area contributed by atoms with Gasteiger partial charge in [-0.15, -0.1) is 0 Å². The number of anilines is 1. The Balaban J connectivity index is 1.84. The third-order valence-corrected chi connectivity index (χ3v) is 3.67. The lowest BCUT2D eigenvalue weighted by atomic mass is 10.2. The number of aromatic nitrogens is 1. The maximum absolute atomic E-state index is 13.0. The molecule has 0 saturated carbocycles. The summed E-state index contributed by atoms with van der Waals surface area (Å²) in [6, 6.07) is 9.96. The first kappa shape index (κ1) is 19.4. The van der Waals surface area contributed by atoms with Gasteiger partial charge in [-0.2, -0.15) is 4.39 Å². The minimum Gasteiger partial charge on any atom is -0.494 e. The van der Waals surface area contributed by atoms with Gasteiger partial charge < -0.3 is 15.8 Å². The number of benzene rings is 1. The van der Waals surface area contributed by atoms with Crippen LogP contribution in [0.5, 0.6) is 5.75 Å². The summed E-state index contributed by atoms with van der Waals surface area (Å²) >= 11 is 0. The molecule has 0 saturated heterocycles. The van der Waals surface area contributed by atoms with Crippen molar-refractivity contribution < 1.29 is 13.9 Å². The second-order valence-electron chi connectivity index (χ2n) is 5.77. The smallest absolute Gasteiger partial charge is 0.255 e. The predicted molar refractivity (Wildman–Crippen MR) is 100 cm³/mol. The van der Waals surface area contributed by atoms with Crippen LogP contribution in [0.25, 0.3) is 0 Å². The fraction of sp³-hybridized carbons (Fsp3) is 0.300. The van der Waals surface area contributed by atoms with Crippen LogP contribution in [-0.2, 0) is 6.54 Å². The third kappa shape index (κ3) is 6.20. The van der Waals surface area contributed by atoms with Gasteiger partial charge in [0.25, 0.3) is 5.91 Å². The lowest BCUT2D eigenvalue weighted by Gasteiger charge is -2.09. The number of hydrogen-bond donors (Lipinski definition) is 2. The standard InChI is InChI=1S/C20H24FN3O2/c1-2-3-4-5-6-12-26-16-9-7-8-15(13-16)14-23-20(25)17-10-11-18(21)24-19(17)22/h3-4,7-11,13H,2,5-6,12,14H2,1H3,(H2,22,24)(H,23,25)/b4-3+. The first-order valence-electron chi connectivity index (χ1n) is 8.67. The molecule has 0 radical (unpaired) electrons. The van der Waals surface area contributed by atoms with Crippen LogP contribution in [0.4, 0.5) is 10.2 Å². The van der Waals surface area contributed by atoms with Gasteiger partial charge in [0.1, 0.15) is 11.6 Å². The van der Waals surface area contributed by atoms with Gasteiger partial charge in [0, 0.05) is 6.54 Å². The minimum atomic E-state index is -0.714. The molecule has 26 heavy (non-hydrogen) atoms. The molecule has 1 aromatic carbocycles. The molecule has 1 heterocycles. The average Bonchev–Trinajstić information content (AvgIpc) is 2.63. The third-order valence-electron chi connectivity index (χ3n) is 3.67. The zero-order chi connectivity index (χ0) is 18.8. The zero-order valence-electron chi connectivity index (χ0n) is 14.9. The number of allylic oxidation sites excluding steroid dienone is 2. The Kier molecular flexibility index (Phi) is 7.61. The van der Waals surface area contributed by atoms with E-state index in [0.717, 1.165) is 36.6 Å². The normalized spacial score (nSPS) is 10.8. The Hall–Kier alpha value is -2.89. The fourth-order valence-corrected chi connectivity index (χ4v) is 2.34. The Morgan fingerprint density at radius 3 is 2.92 bits per heavy atom. The van der Waals surface area contributed by atoms with Gasteiger partial charge in [0.05, 0.1) is 12.2 Å². The van der Waals surface area contributed by atoms with Crippen LogP contribution in [0.2, 0.25) is 0 Å². The lowest BCUT2D eigenvalue weighted by Crippen LogP contribution is -2.24. The number of nitrogens with zero attached hydrogens (tertiary/aromatic N) is 1. The molecule has 0 spiro atoms. The number of halogens is 1. The van der Waals surface area contributed by atoms with E-state index in [4.69, 9.17) is 10.5 Å². The number of ether oxygens (including phenoxy) is 1. The van der Waals surface area contributed by atoms with Crippen molar-refractivity contribution in [3.05, 3.63) is 65.6 Å². The van der Waals surface area contributed by atoms with Crippen molar-refractivity contribution in [2.75, 3.05) is 12.3 Å². The minimum absolute atomic E-state index is 0.128. The Morgan fingerprint density at radius 1 is 1.31 bits per heavy atom. The number of amides is 1. The summed E-state index contributed by atoms with van der Waals surface area (Å²) in [5.74, 6) is -0.478. The molecule has 1 amide bonds. The van der Waals surface area contributed by atoms with E-state index in [1.54, 1.807) is 0 Å². The molecule has 0 atom stereocenters. The van der Waals surface area contributed by atoms with E-state index < -0.39 is 11.9 Å². The van der Waals surface area contributed by atoms with Crippen LogP contribution in [0, 0.1) is 5.95 Å². The molecule has 5 nitrogen and oxygen atoms in total. The van der Waals surface area contributed by atoms with Gasteiger partial charge in [0.2, 0.25) is 5.95 Å². The molecule has 138 valence electrons. The summed E-state index contributed by atoms with van der Waals surface area (Å²) in [7, 11) is 0. The summed E-state index contributed by atoms with van der Waals surface area (Å²) in [6.45, 7) is 3.06. The van der Waals surface area contributed by atoms with E-state index in [0.29, 0.717) is 13.2 Å². The Labute approximate surface area is 153 Å². The summed E-state index contributed by atoms with van der Waals surface area (Å²) in [4.78, 5) is 15.6. The van der Waals surface area contributed by atoms with Crippen LogP contribution in [0.15, 0.2) is 48.6 Å². The molecule has 1 aromatic heterocycles. The summed E-state index contributed by atoms with van der Waals surface area (Å²) in [5, 5.41) is 2.75. The molecular formula is C20H24FN3O2. The molecule has 0 unspecified atom stereocenters. The van der Waals surface area contributed by atoms with Crippen molar-refractivity contribution in [1.29, 1.82) is 0 Å². The summed E-state index contributed by atoms with van der Waals surface area (Å²) < 4.78 is 18.7. The van der Waals surface area contributed by atoms with Crippen molar-refractivity contribution >= 4 is 11.7 Å². The van der Waals surface area contributed by atoms with Crippen LogP contribution in [0.1, 0.15) is 42.1 Å². The van der Waals surface area contributed by atoms with Crippen molar-refractivity contribution in [3.8, 4) is 5.75 Å². The maximum atomic E-state index is 13.0. The molecule has 0 aliphatic carbocycles. The van der Waals surface area contributed by atoms with Gasteiger partial charge in [0.15, 0.2) is 0 Å². The number of unbranched alkanes of at least 4 members (excludes halogenated alkanes) is 1. The average molecular weight is 357 g/mol. The van der Waals surface area contributed by atoms with Crippen molar-refractivity contribution in [2.24, 2.45) is 0 Å². The van der Waals surface area contributed by atoms with Crippen molar-refractivity contribution in [1.82, 2.24) is 10.3 Å². The van der Waals surface area contributed by atoms with Gasteiger partial charge in [-0.1, -0.05) is 31.2 Å². The monoisotopic (exact) mass is 357 g/mol. The quantitative estimate of drug-likeness (QED) is 0.406. The fourth-order valence-electron chi connectivity index (χ4n) is 2.34. The van der Waals surface area contributed by atoms with Crippen LogP contribution >= 0.6 is 0 Å². The number of nitrogens with two attached hydrogens (primary N) is 1. The second kappa shape index (κ2) is 10.2. The topological polar surface area (TPSA) is 77.2 Å². The molecule has 0 fully saturated rings. The molecule has 0 bridgehead atoms. The van der Waals surface area contributed by atoms with E-state index >= 15 is 0 Å². The maximum Gasteiger partial charge on any atom is 0.255 e. The number of nitrogens with one attached hydrogen (secondary N) is 1. The van der Waals surface area contributed by atoms with Gasteiger partial charge >= 0.3 is 0 Å². The van der Waals surface area contributed by atoms with Gasteiger partial charge in [-0.05, 0) is 49.1 Å². The number of hydrogen-bond acceptors (Lipinski definition) is 4. The lowest BCUT2D eigenvalue weighted by molar-refractivity contribution is 0.0951. The number of rotatable bonds is 9. The Bertz CT molecular complexity index is 762. The highest BCUT2D eigenvalue weighted by atomic mass is 19.1. The molecule has 3 N–H and O–H groups in total. The van der Waals surface area contributed by atoms with E-state index in [1.807, 2.05) is 24.3 Å². The van der Waals surface area contributed by atoms with Crippen molar-refractivity contribution in [2.45, 2.75) is 32.7 Å². The second-order valence-corrected chi connectivity index (χ2v) is 5.77. The largest absolute Gasteiger partial charge is 0.494 e. The Morgan fingerprint density at radius 2 is 2.15 bits per heavy atom. The van der Waals surface area contributed by atoms with E-state index in [1.165, 1.54) is 6.07 Å². The zero-order valence-corrected chi connectivity index (χ0v) is 14.9. The van der Waals surface area contributed by atoms with Crippen LogP contribution in [0.3, 0.4) is 0 Å². The first-order chi connectivity index (χ1) is 12.6. The number of carbonyl (C=O) groups excluding carboxylic acids is 1. The molecule has 2 aromatic rings. The summed E-state index contributed by atoms with van der Waals surface area (Å²) in [6.07, 6.45) is 7.30. The highest BCUT2D eigenvalue weighted by Gasteiger charge is 2.11. The first-order valence-corrected chi connectivity index (χ1v) is 8.67. The van der Waals surface area contributed by atoms with E-state index in [9.17, 15) is 9.18 Å². The molecule has 2 rings (SSSR count). The number of pyridine rings is 1. The molecule has 6 heteroatoms. The van der Waals surface area contributed by atoms with Crippen molar-refractivity contribution in [3.63, 3.8) is 0 Å². The van der Waals surface area contributed by atoms with Crippen LogP contribution in [-0.4, -0.2) is 17.5 Å². The highest BCUT2D eigenvalue weighted by molar-refractivity contribution is 5.98. The van der Waals surface area contributed by atoms with Gasteiger partial charge in [-0.3, -0.25) is 4.79 Å². The predicted octanol–water partition coefficient (Wildman–Crippen LogP) is 3.86. The van der Waals surface area contributed by atoms with Gasteiger partial charge in [-0.25, -0.2) is 4.98 Å². The van der Waals surface area contributed by atoms with E-state index in [2.05, 4.69) is 29.4 Å². The molecular weight excluding hydrogens is 333 g/mol. The number of nitrogen functional groups attached to an aromatic ring is 1. The molecule has 0 aliphatic heterocycles. The summed E-state index contributed by atoms with van der Waals surface area (Å²) in [5.41, 5.74) is 6.63. The highest BCUT2D eigenvalue weighted by Crippen LogP contribution is 2.15. The number of carbonyl (C=O) groups is 1. The SMILES string of the molecule is CC/C=C/CCCOc1cccc(CNC(=O)c2ccc(F)nc2N)c1. The van der Waals surface area contributed by atoms with E-state index in [-0.39, 0.29) is 11.4 Å². The molecule has 0 aliphatic rings. The van der Waals surface area contributed by atoms with Crippen LogP contribution < -0.4 is 15.8 Å².